The van der Waals surface area contributed by atoms with Gasteiger partial charge in [0.05, 0.1) is 26.9 Å². The van der Waals surface area contributed by atoms with E-state index >= 15 is 0 Å². The highest BCUT2D eigenvalue weighted by Gasteiger charge is 2.18. The van der Waals surface area contributed by atoms with E-state index < -0.39 is 0 Å². The number of thiophene rings is 1. The number of rotatable bonds is 6. The number of hydrogen-bond donors (Lipinski definition) is 1. The van der Waals surface area contributed by atoms with Crippen molar-refractivity contribution in [3.63, 3.8) is 0 Å². The summed E-state index contributed by atoms with van der Waals surface area (Å²) in [6.45, 7) is 3.99. The van der Waals surface area contributed by atoms with E-state index in [0.29, 0.717) is 29.3 Å². The molecule has 3 aromatic heterocycles. The second-order valence-corrected chi connectivity index (χ2v) is 8.33. The van der Waals surface area contributed by atoms with Crippen molar-refractivity contribution in [1.82, 2.24) is 14.8 Å². The quantitative estimate of drug-likeness (QED) is 0.505. The molecule has 0 aliphatic heterocycles. The summed E-state index contributed by atoms with van der Waals surface area (Å²) in [6, 6.07) is 11.0. The van der Waals surface area contributed by atoms with Crippen LogP contribution in [0.3, 0.4) is 0 Å². The number of aromatic nitrogens is 3. The summed E-state index contributed by atoms with van der Waals surface area (Å²) < 4.78 is 7.45. The number of fused-ring (bicyclic) bond motifs is 1. The predicted molar refractivity (Wildman–Crippen MR) is 116 cm³/mol. The maximum absolute atomic E-state index is 12.9. The fourth-order valence-corrected chi connectivity index (χ4v) is 4.61. The number of aryl methyl sites for hydroxylation is 1. The van der Waals surface area contributed by atoms with Crippen LogP contribution < -0.4 is 15.6 Å². The fourth-order valence-electron chi connectivity index (χ4n) is 2.92. The van der Waals surface area contributed by atoms with E-state index in [1.165, 1.54) is 27.4 Å². The molecule has 9 heteroatoms. The molecule has 0 aliphatic carbocycles. The van der Waals surface area contributed by atoms with E-state index in [4.69, 9.17) is 4.74 Å². The average molecular weight is 427 g/mol. The van der Waals surface area contributed by atoms with Crippen molar-refractivity contribution in [3.05, 3.63) is 57.1 Å². The highest BCUT2D eigenvalue weighted by Crippen LogP contribution is 2.32. The lowest BCUT2D eigenvalue weighted by molar-refractivity contribution is -0.117. The summed E-state index contributed by atoms with van der Waals surface area (Å²) >= 11 is 2.96. The number of thiazole rings is 1. The van der Waals surface area contributed by atoms with Gasteiger partial charge in [0.15, 0.2) is 5.52 Å². The maximum atomic E-state index is 12.9. The van der Waals surface area contributed by atoms with Crippen LogP contribution in [-0.2, 0) is 11.3 Å². The van der Waals surface area contributed by atoms with Crippen LogP contribution in [0.5, 0.6) is 5.75 Å². The van der Waals surface area contributed by atoms with E-state index in [1.807, 2.05) is 43.5 Å². The molecule has 0 radical (unpaired) electrons. The highest BCUT2D eigenvalue weighted by molar-refractivity contribution is 7.20. The Morgan fingerprint density at radius 3 is 2.83 bits per heavy atom. The normalized spacial score (nSPS) is 11.0. The Morgan fingerprint density at radius 1 is 1.24 bits per heavy atom. The summed E-state index contributed by atoms with van der Waals surface area (Å²) in [5.41, 5.74) is 1.19. The first-order valence-corrected chi connectivity index (χ1v) is 10.7. The predicted octanol–water partition coefficient (Wildman–Crippen LogP) is 3.93. The molecule has 0 fully saturated rings. The van der Waals surface area contributed by atoms with Gasteiger partial charge in [0, 0.05) is 0 Å². The molecular weight excluding hydrogens is 408 g/mol. The number of carbonyl (C=O) groups excluding carboxylic acids is 1. The van der Waals surface area contributed by atoms with Crippen molar-refractivity contribution in [2.75, 3.05) is 11.9 Å². The average Bonchev–Trinajstić information content (AvgIpc) is 3.36. The van der Waals surface area contributed by atoms with Gasteiger partial charge >= 0.3 is 0 Å². The lowest BCUT2D eigenvalue weighted by Crippen LogP contribution is -2.30. The van der Waals surface area contributed by atoms with E-state index in [2.05, 4.69) is 15.4 Å². The SMILES string of the molecule is CCOc1ccccc1NC(=O)Cn1nc(-c2cccs2)c2sc(C)nc2c1=O. The monoisotopic (exact) mass is 426 g/mol. The number of hydrogen-bond acceptors (Lipinski definition) is 7. The van der Waals surface area contributed by atoms with Crippen molar-refractivity contribution in [2.45, 2.75) is 20.4 Å². The third-order valence-electron chi connectivity index (χ3n) is 4.12. The van der Waals surface area contributed by atoms with Gasteiger partial charge in [-0.3, -0.25) is 9.59 Å². The Hall–Kier alpha value is -3.04. The van der Waals surface area contributed by atoms with Crippen molar-refractivity contribution in [1.29, 1.82) is 0 Å². The van der Waals surface area contributed by atoms with E-state index in [9.17, 15) is 9.59 Å². The smallest absolute Gasteiger partial charge is 0.294 e. The molecule has 0 saturated heterocycles. The summed E-state index contributed by atoms with van der Waals surface area (Å²) in [5.74, 6) is 0.212. The van der Waals surface area contributed by atoms with Crippen molar-refractivity contribution in [2.24, 2.45) is 0 Å². The minimum Gasteiger partial charge on any atom is -0.492 e. The summed E-state index contributed by atoms with van der Waals surface area (Å²) in [5, 5.41) is 10.0. The van der Waals surface area contributed by atoms with Crippen molar-refractivity contribution < 1.29 is 9.53 Å². The number of nitrogens with one attached hydrogen (secondary N) is 1. The standard InChI is InChI=1S/C20H18N4O3S2/c1-3-27-14-8-5-4-7-13(14)22-16(25)11-24-20(26)18-19(29-12(2)21-18)17(23-24)15-9-6-10-28-15/h4-10H,3,11H2,1-2H3,(H,22,25). The van der Waals surface area contributed by atoms with E-state index in [-0.39, 0.29) is 18.0 Å². The molecule has 4 aromatic rings. The first-order chi connectivity index (χ1) is 14.1. The molecule has 1 amide bonds. The number of ether oxygens (including phenoxy) is 1. The Bertz CT molecular complexity index is 1230. The number of nitrogens with zero attached hydrogens (tertiary/aromatic N) is 3. The number of anilines is 1. The zero-order valence-electron chi connectivity index (χ0n) is 15.8. The summed E-state index contributed by atoms with van der Waals surface area (Å²) in [6.07, 6.45) is 0. The highest BCUT2D eigenvalue weighted by atomic mass is 32.1. The number of carbonyl (C=O) groups is 1. The van der Waals surface area contributed by atoms with Crippen molar-refractivity contribution in [3.8, 4) is 16.3 Å². The largest absolute Gasteiger partial charge is 0.492 e. The summed E-state index contributed by atoms with van der Waals surface area (Å²) in [4.78, 5) is 30.8. The number of para-hydroxylation sites is 2. The van der Waals surface area contributed by atoms with Crippen LogP contribution in [0, 0.1) is 6.92 Å². The Labute approximate surface area is 174 Å². The molecule has 3 heterocycles. The van der Waals surface area contributed by atoms with Gasteiger partial charge in [0.2, 0.25) is 5.91 Å². The maximum Gasteiger partial charge on any atom is 0.294 e. The molecule has 0 saturated carbocycles. The molecule has 0 aliphatic rings. The molecule has 0 spiro atoms. The zero-order chi connectivity index (χ0) is 20.4. The second kappa shape index (κ2) is 8.14. The molecule has 148 valence electrons. The van der Waals surface area contributed by atoms with Crippen LogP contribution in [-0.4, -0.2) is 27.3 Å². The molecule has 29 heavy (non-hydrogen) atoms. The summed E-state index contributed by atoms with van der Waals surface area (Å²) in [7, 11) is 0. The molecular formula is C20H18N4O3S2. The molecule has 0 bridgehead atoms. The van der Waals surface area contributed by atoms with Crippen LogP contribution in [0.4, 0.5) is 5.69 Å². The third kappa shape index (κ3) is 3.92. The van der Waals surface area contributed by atoms with Crippen LogP contribution in [0.2, 0.25) is 0 Å². The van der Waals surface area contributed by atoms with Gasteiger partial charge < -0.3 is 10.1 Å². The first kappa shape index (κ1) is 19.3. The van der Waals surface area contributed by atoms with Crippen LogP contribution in [0.25, 0.3) is 20.8 Å². The number of amides is 1. The molecule has 0 atom stereocenters. The topological polar surface area (TPSA) is 86.1 Å². The zero-order valence-corrected chi connectivity index (χ0v) is 17.5. The fraction of sp³-hybridized carbons (Fsp3) is 0.200. The molecule has 1 aromatic carbocycles. The van der Waals surface area contributed by atoms with Crippen LogP contribution >= 0.6 is 22.7 Å². The van der Waals surface area contributed by atoms with Gasteiger partial charge in [-0.1, -0.05) is 18.2 Å². The molecule has 0 unspecified atom stereocenters. The van der Waals surface area contributed by atoms with E-state index in [0.717, 1.165) is 14.6 Å². The molecule has 7 nitrogen and oxygen atoms in total. The third-order valence-corrected chi connectivity index (χ3v) is 5.97. The number of benzene rings is 1. The van der Waals surface area contributed by atoms with Gasteiger partial charge in [0.25, 0.3) is 5.56 Å². The Kier molecular flexibility index (Phi) is 5.41. The van der Waals surface area contributed by atoms with Gasteiger partial charge in [-0.25, -0.2) is 9.67 Å². The van der Waals surface area contributed by atoms with Gasteiger partial charge in [0.1, 0.15) is 18.0 Å². The van der Waals surface area contributed by atoms with Crippen molar-refractivity contribution >= 4 is 44.5 Å². The van der Waals surface area contributed by atoms with E-state index in [1.54, 1.807) is 12.1 Å². The van der Waals surface area contributed by atoms with Crippen LogP contribution in [0.1, 0.15) is 11.9 Å². The second-order valence-electron chi connectivity index (χ2n) is 6.18. The Balaban J connectivity index is 1.69. The first-order valence-electron chi connectivity index (χ1n) is 9.00. The van der Waals surface area contributed by atoms with Gasteiger partial charge in [-0.15, -0.1) is 22.7 Å². The minimum atomic E-state index is -0.377. The van der Waals surface area contributed by atoms with Gasteiger partial charge in [-0.05, 0) is 37.4 Å². The lowest BCUT2D eigenvalue weighted by Gasteiger charge is -2.12. The molecule has 4 rings (SSSR count). The lowest BCUT2D eigenvalue weighted by atomic mass is 10.3. The Morgan fingerprint density at radius 2 is 2.07 bits per heavy atom. The van der Waals surface area contributed by atoms with Crippen LogP contribution in [0.15, 0.2) is 46.6 Å². The minimum absolute atomic E-state index is 0.218. The molecule has 1 N–H and O–H groups in total. The van der Waals surface area contributed by atoms with Gasteiger partial charge in [-0.2, -0.15) is 5.10 Å².